The van der Waals surface area contributed by atoms with Crippen molar-refractivity contribution < 1.29 is 45.4 Å². The molecule has 3 aromatic rings. The zero-order valence-corrected chi connectivity index (χ0v) is 29.1. The van der Waals surface area contributed by atoms with Crippen LogP contribution in [0.1, 0.15) is 63.2 Å². The molecule has 0 unspecified atom stereocenters. The van der Waals surface area contributed by atoms with E-state index in [0.717, 1.165) is 34.9 Å². The molecule has 0 saturated carbocycles. The lowest BCUT2D eigenvalue weighted by atomic mass is 10.2. The molecule has 0 aliphatic heterocycles. The van der Waals surface area contributed by atoms with Gasteiger partial charge in [0.2, 0.25) is 16.0 Å². The zero-order chi connectivity index (χ0) is 37.1. The van der Waals surface area contributed by atoms with Crippen molar-refractivity contribution >= 4 is 51.4 Å². The summed E-state index contributed by atoms with van der Waals surface area (Å²) < 4.78 is 80.2. The van der Waals surface area contributed by atoms with Crippen molar-refractivity contribution in [3.63, 3.8) is 0 Å². The van der Waals surface area contributed by atoms with E-state index in [2.05, 4.69) is 25.3 Å². The van der Waals surface area contributed by atoms with Gasteiger partial charge in [0.1, 0.15) is 22.5 Å². The van der Waals surface area contributed by atoms with E-state index in [0.29, 0.717) is 11.1 Å². The highest BCUT2D eigenvalue weighted by Gasteiger charge is 2.41. The molecule has 0 aliphatic rings. The second kappa shape index (κ2) is 14.2. The normalized spacial score (nSPS) is 12.2. The van der Waals surface area contributed by atoms with Crippen LogP contribution in [0.25, 0.3) is 0 Å². The van der Waals surface area contributed by atoms with Crippen molar-refractivity contribution in [2.24, 2.45) is 0 Å². The Morgan fingerprint density at radius 3 is 1.92 bits per heavy atom. The van der Waals surface area contributed by atoms with Gasteiger partial charge in [-0.1, -0.05) is 0 Å². The topological polar surface area (TPSA) is 177 Å². The van der Waals surface area contributed by atoms with E-state index in [9.17, 15) is 36.0 Å². The van der Waals surface area contributed by atoms with Crippen LogP contribution in [0.4, 0.5) is 46.0 Å². The first-order chi connectivity index (χ1) is 22.4. The number of alkyl halides is 3. The van der Waals surface area contributed by atoms with Gasteiger partial charge in [0.25, 0.3) is 5.91 Å². The lowest BCUT2D eigenvalue weighted by Crippen LogP contribution is -2.40. The van der Waals surface area contributed by atoms with Gasteiger partial charge in [-0.2, -0.15) is 18.2 Å². The fourth-order valence-corrected chi connectivity index (χ4v) is 4.44. The van der Waals surface area contributed by atoms with E-state index < -0.39 is 69.4 Å². The summed E-state index contributed by atoms with van der Waals surface area (Å²) in [5.74, 6) is -2.43. The molecule has 3 rings (SSSR count). The molecular weight excluding hydrogens is 673 g/mol. The third-order valence-electron chi connectivity index (χ3n) is 6.18. The summed E-state index contributed by atoms with van der Waals surface area (Å²) in [4.78, 5) is 56.6. The number of halogens is 3. The number of hydrogen-bond donors (Lipinski definition) is 1. The average molecular weight is 711 g/mol. The van der Waals surface area contributed by atoms with Crippen LogP contribution in [0.15, 0.2) is 42.9 Å². The molecule has 0 aliphatic carbocycles. The van der Waals surface area contributed by atoms with Crippen LogP contribution in [0.2, 0.25) is 0 Å². The quantitative estimate of drug-likeness (QED) is 0.331. The summed E-state index contributed by atoms with van der Waals surface area (Å²) in [6.07, 6.45) is -3.98. The van der Waals surface area contributed by atoms with Gasteiger partial charge >= 0.3 is 18.4 Å². The maximum atomic E-state index is 14.6. The zero-order valence-electron chi connectivity index (χ0n) is 28.3. The molecule has 1 aromatic carbocycles. The minimum atomic E-state index is -5.14. The summed E-state index contributed by atoms with van der Waals surface area (Å²) in [5.41, 5.74) is -3.82. The number of nitrogens with zero attached hydrogens (tertiary/aromatic N) is 7. The maximum absolute atomic E-state index is 14.6. The number of rotatable bonds is 8. The number of ether oxygens (including phenoxy) is 2. The van der Waals surface area contributed by atoms with Crippen molar-refractivity contribution in [2.75, 3.05) is 34.5 Å². The van der Waals surface area contributed by atoms with E-state index in [4.69, 9.17) is 9.47 Å². The van der Waals surface area contributed by atoms with E-state index in [1.54, 1.807) is 20.8 Å². The van der Waals surface area contributed by atoms with Crippen LogP contribution in [0.5, 0.6) is 0 Å². The highest BCUT2D eigenvalue weighted by molar-refractivity contribution is 7.92. The monoisotopic (exact) mass is 710 g/mol. The first-order valence-electron chi connectivity index (χ1n) is 14.5. The summed E-state index contributed by atoms with van der Waals surface area (Å²) in [7, 11) is -1.37. The minimum Gasteiger partial charge on any atom is -0.443 e. The number of nitrogens with one attached hydrogen (secondary N) is 1. The van der Waals surface area contributed by atoms with Crippen molar-refractivity contribution in [1.82, 2.24) is 25.3 Å². The second-order valence-electron chi connectivity index (χ2n) is 12.5. The molecule has 0 radical (unpaired) electrons. The second-order valence-corrected chi connectivity index (χ2v) is 14.5. The largest absolute Gasteiger partial charge is 0.443 e. The van der Waals surface area contributed by atoms with Gasteiger partial charge in [-0.25, -0.2) is 32.9 Å². The summed E-state index contributed by atoms with van der Waals surface area (Å²) in [6.45, 7) is 8.32. The lowest BCUT2D eigenvalue weighted by molar-refractivity contribution is -0.137. The van der Waals surface area contributed by atoms with E-state index >= 15 is 0 Å². The van der Waals surface area contributed by atoms with Crippen LogP contribution in [0, 0.1) is 0 Å². The Morgan fingerprint density at radius 1 is 0.857 bits per heavy atom. The molecule has 0 atom stereocenters. The fraction of sp³-hybridized carbons (Fsp3) is 0.433. The smallest absolute Gasteiger partial charge is 0.421 e. The molecule has 3 amide bonds. The fourth-order valence-electron chi connectivity index (χ4n) is 3.98. The van der Waals surface area contributed by atoms with E-state index in [1.165, 1.54) is 52.1 Å². The molecule has 2 heterocycles. The van der Waals surface area contributed by atoms with Crippen molar-refractivity contribution in [3.05, 3.63) is 59.7 Å². The molecule has 266 valence electrons. The average Bonchev–Trinajstić information content (AvgIpc) is 2.97. The molecule has 49 heavy (non-hydrogen) atoms. The highest BCUT2D eigenvalue weighted by Crippen LogP contribution is 2.38. The Labute approximate surface area is 281 Å². The van der Waals surface area contributed by atoms with Crippen LogP contribution in [0.3, 0.4) is 0 Å². The van der Waals surface area contributed by atoms with Gasteiger partial charge in [-0.3, -0.25) is 19.0 Å². The summed E-state index contributed by atoms with van der Waals surface area (Å²) in [5, 5.41) is 2.45. The molecule has 19 heteroatoms. The Balaban J connectivity index is 2.34. The summed E-state index contributed by atoms with van der Waals surface area (Å²) in [6, 6.07) is 5.37. The predicted molar refractivity (Wildman–Crippen MR) is 173 cm³/mol. The molecule has 0 fully saturated rings. The Hall–Kier alpha value is -5.07. The lowest BCUT2D eigenvalue weighted by Gasteiger charge is -2.30. The number of carbonyl (C=O) groups excluding carboxylic acids is 3. The van der Waals surface area contributed by atoms with Gasteiger partial charge in [-0.15, -0.1) is 0 Å². The number of aromatic nitrogens is 4. The SMILES string of the molecule is CNC(=O)c1ccc(N(C(=O)OC(C)(C)C)c2ncc(C(F)(F)F)c(N(Cc3nccnc3N(C)S(C)(=O)=O)C(=O)OC(C)(C)C)n2)cc1. The first kappa shape index (κ1) is 38.4. The number of carbonyl (C=O) groups is 3. The Kier molecular flexibility index (Phi) is 11.1. The number of amides is 3. The Bertz CT molecular complexity index is 1810. The number of hydrogen-bond acceptors (Lipinski definition) is 11. The van der Waals surface area contributed by atoms with Gasteiger partial charge in [0.05, 0.1) is 18.5 Å². The molecule has 0 spiro atoms. The third kappa shape index (κ3) is 9.97. The van der Waals surface area contributed by atoms with Crippen LogP contribution in [-0.2, 0) is 32.2 Å². The Morgan fingerprint density at radius 2 is 1.41 bits per heavy atom. The molecular formula is C30H37F3N8O7S. The minimum absolute atomic E-state index is 0.00224. The highest BCUT2D eigenvalue weighted by atomic mass is 32.2. The molecule has 0 saturated heterocycles. The van der Waals surface area contributed by atoms with Gasteiger partial charge in [0, 0.05) is 38.2 Å². The maximum Gasteiger partial charge on any atom is 0.421 e. The number of benzene rings is 1. The van der Waals surface area contributed by atoms with Crippen molar-refractivity contribution in [3.8, 4) is 0 Å². The van der Waals surface area contributed by atoms with Gasteiger partial charge in [-0.05, 0) is 65.8 Å². The van der Waals surface area contributed by atoms with Crippen LogP contribution >= 0.6 is 0 Å². The summed E-state index contributed by atoms with van der Waals surface area (Å²) >= 11 is 0. The molecule has 15 nitrogen and oxygen atoms in total. The predicted octanol–water partition coefficient (Wildman–Crippen LogP) is 5.06. The number of anilines is 4. The van der Waals surface area contributed by atoms with Gasteiger partial charge < -0.3 is 14.8 Å². The first-order valence-corrected chi connectivity index (χ1v) is 16.3. The molecule has 2 aromatic heterocycles. The van der Waals surface area contributed by atoms with E-state index in [1.807, 2.05) is 0 Å². The van der Waals surface area contributed by atoms with Crippen molar-refractivity contribution in [2.45, 2.75) is 65.5 Å². The standard InChI is InChI=1S/C30H37F3N8O7S/c1-28(2,3)47-26(43)40(17-21-23(36-15-14-35-21)39(8)49(9,45)46)22-20(30(31,32)33)16-37-25(38-22)41(27(44)48-29(4,5)6)19-12-10-18(11-13-19)24(42)34-7/h10-16H,17H2,1-9H3,(H,34,42). The van der Waals surface area contributed by atoms with Crippen LogP contribution in [-0.4, -0.2) is 78.0 Å². The van der Waals surface area contributed by atoms with E-state index in [-0.39, 0.29) is 22.8 Å². The number of sulfonamides is 1. The van der Waals surface area contributed by atoms with Crippen molar-refractivity contribution in [1.29, 1.82) is 0 Å². The van der Waals surface area contributed by atoms with Gasteiger partial charge in [0.15, 0.2) is 11.6 Å². The molecule has 1 N–H and O–H groups in total. The molecule has 0 bridgehead atoms. The van der Waals surface area contributed by atoms with Crippen LogP contribution < -0.4 is 19.4 Å². The third-order valence-corrected chi connectivity index (χ3v) is 7.35.